The number of hydrogen-bond donors (Lipinski definition) is 5. The van der Waals surface area contributed by atoms with E-state index in [0.29, 0.717) is 56.8 Å². The Balaban J connectivity index is 0.885. The lowest BCUT2D eigenvalue weighted by atomic mass is 10.0. The molecular formula is C41H48N6O9. The first-order chi connectivity index (χ1) is 27.1. The molecule has 2 aliphatic rings. The highest BCUT2D eigenvalue weighted by molar-refractivity contribution is 6.25. The monoisotopic (exact) mass is 768 g/mol. The van der Waals surface area contributed by atoms with E-state index in [9.17, 15) is 33.6 Å². The van der Waals surface area contributed by atoms with Crippen molar-refractivity contribution in [2.24, 2.45) is 0 Å². The van der Waals surface area contributed by atoms with Crippen molar-refractivity contribution in [1.82, 2.24) is 25.9 Å². The zero-order chi connectivity index (χ0) is 40.0. The molecule has 0 saturated carbocycles. The Morgan fingerprint density at radius 3 is 2.25 bits per heavy atom. The Morgan fingerprint density at radius 1 is 0.786 bits per heavy atom. The van der Waals surface area contributed by atoms with Gasteiger partial charge in [0, 0.05) is 56.3 Å². The van der Waals surface area contributed by atoms with Crippen molar-refractivity contribution in [1.29, 1.82) is 0 Å². The maximum atomic E-state index is 13.3. The fourth-order valence-corrected chi connectivity index (χ4v) is 6.63. The van der Waals surface area contributed by atoms with E-state index < -0.39 is 29.7 Å². The molecule has 3 aromatic carbocycles. The molecular weight excluding hydrogens is 720 g/mol. The summed E-state index contributed by atoms with van der Waals surface area (Å²) in [6, 6.07) is 17.7. The van der Waals surface area contributed by atoms with Gasteiger partial charge in [-0.2, -0.15) is 0 Å². The number of fused-ring (bicyclic) bond motifs is 1. The van der Waals surface area contributed by atoms with E-state index in [0.717, 1.165) is 53.2 Å². The smallest absolute Gasteiger partial charge is 0.274 e. The van der Waals surface area contributed by atoms with Crippen molar-refractivity contribution in [3.8, 4) is 5.75 Å². The van der Waals surface area contributed by atoms with Crippen LogP contribution < -0.4 is 26.2 Å². The number of likely N-dealkylation sites (N-methyl/N-ethyl adjacent to an activating group) is 1. The quantitative estimate of drug-likeness (QED) is 0.0486. The Bertz CT molecular complexity index is 1930. The van der Waals surface area contributed by atoms with E-state index in [2.05, 4.69) is 16.0 Å². The number of piperidine rings is 1. The van der Waals surface area contributed by atoms with Gasteiger partial charge < -0.3 is 20.7 Å². The van der Waals surface area contributed by atoms with Gasteiger partial charge in [0.1, 0.15) is 11.8 Å². The Labute approximate surface area is 325 Å². The minimum absolute atomic E-state index is 0.00540. The predicted molar refractivity (Wildman–Crippen MR) is 205 cm³/mol. The number of likely N-dealkylation sites (tertiary alicyclic amines) is 1. The highest BCUT2D eigenvalue weighted by Crippen LogP contribution is 2.33. The van der Waals surface area contributed by atoms with E-state index in [-0.39, 0.29) is 47.3 Å². The summed E-state index contributed by atoms with van der Waals surface area (Å²) >= 11 is 0. The molecule has 2 aliphatic heterocycles. The molecule has 7 amide bonds. The van der Waals surface area contributed by atoms with Gasteiger partial charge in [0.15, 0.2) is 0 Å². The summed E-state index contributed by atoms with van der Waals surface area (Å²) in [5.74, 6) is -2.21. The zero-order valence-corrected chi connectivity index (χ0v) is 31.4. The first-order valence-electron chi connectivity index (χ1n) is 19.0. The number of hydrogen-bond acceptors (Lipinski definition) is 10. The van der Waals surface area contributed by atoms with Gasteiger partial charge in [0.05, 0.1) is 17.7 Å². The third kappa shape index (κ3) is 10.6. The Kier molecular flexibility index (Phi) is 14.7. The number of carbonyl (C=O) groups excluding carboxylic acids is 7. The van der Waals surface area contributed by atoms with Crippen LogP contribution in [0.3, 0.4) is 0 Å². The van der Waals surface area contributed by atoms with Crippen molar-refractivity contribution in [3.63, 3.8) is 0 Å². The van der Waals surface area contributed by atoms with Gasteiger partial charge >= 0.3 is 0 Å². The van der Waals surface area contributed by atoms with Gasteiger partial charge in [-0.3, -0.25) is 48.6 Å². The van der Waals surface area contributed by atoms with E-state index in [4.69, 9.17) is 9.94 Å². The van der Waals surface area contributed by atoms with Crippen LogP contribution in [0.15, 0.2) is 66.7 Å². The zero-order valence-electron chi connectivity index (χ0n) is 31.4. The van der Waals surface area contributed by atoms with Crippen LogP contribution in [0.4, 0.5) is 5.69 Å². The molecule has 1 saturated heterocycles. The highest BCUT2D eigenvalue weighted by atomic mass is 16.5. The fraction of sp³-hybridized carbons (Fsp3) is 0.390. The summed E-state index contributed by atoms with van der Waals surface area (Å²) in [5, 5.41) is 17.8. The van der Waals surface area contributed by atoms with Gasteiger partial charge in [-0.15, -0.1) is 0 Å². The lowest BCUT2D eigenvalue weighted by Crippen LogP contribution is -2.54. The molecule has 296 valence electrons. The van der Waals surface area contributed by atoms with Crippen LogP contribution in [0.5, 0.6) is 5.75 Å². The van der Waals surface area contributed by atoms with Crippen LogP contribution in [0.2, 0.25) is 0 Å². The molecule has 5 rings (SSSR count). The normalized spacial score (nSPS) is 15.1. The lowest BCUT2D eigenvalue weighted by Gasteiger charge is -2.32. The summed E-state index contributed by atoms with van der Waals surface area (Å²) in [6.45, 7) is 2.06. The van der Waals surface area contributed by atoms with Crippen molar-refractivity contribution in [2.75, 3.05) is 38.6 Å². The Morgan fingerprint density at radius 2 is 1.50 bits per heavy atom. The number of amides is 7. The minimum atomic E-state index is -0.990. The van der Waals surface area contributed by atoms with Gasteiger partial charge in [0.25, 0.3) is 29.5 Å². The summed E-state index contributed by atoms with van der Waals surface area (Å²) in [5.41, 5.74) is 4.11. The first-order valence-corrected chi connectivity index (χ1v) is 19.0. The molecule has 0 bridgehead atoms. The number of nitrogens with one attached hydrogen (secondary N) is 4. The topological polar surface area (TPSA) is 204 Å². The molecule has 0 aliphatic carbocycles. The average molecular weight is 769 g/mol. The maximum absolute atomic E-state index is 13.3. The van der Waals surface area contributed by atoms with Crippen LogP contribution >= 0.6 is 0 Å². The third-order valence-electron chi connectivity index (χ3n) is 9.80. The molecule has 15 heteroatoms. The predicted octanol–water partition coefficient (Wildman–Crippen LogP) is 3.86. The molecule has 5 N–H and O–H groups in total. The number of ether oxygens (including phenoxy) is 1. The van der Waals surface area contributed by atoms with E-state index in [1.54, 1.807) is 35.8 Å². The molecule has 1 fully saturated rings. The van der Waals surface area contributed by atoms with Gasteiger partial charge in [-0.05, 0) is 86.6 Å². The van der Waals surface area contributed by atoms with E-state index >= 15 is 0 Å². The minimum Gasteiger partial charge on any atom is -0.494 e. The fourth-order valence-electron chi connectivity index (χ4n) is 6.63. The van der Waals surface area contributed by atoms with Crippen molar-refractivity contribution in [3.05, 3.63) is 94.5 Å². The summed E-state index contributed by atoms with van der Waals surface area (Å²) < 4.78 is 5.81. The van der Waals surface area contributed by atoms with Crippen LogP contribution in [0.1, 0.15) is 105 Å². The number of nitrogens with zero attached hydrogens (tertiary/aromatic N) is 2. The standard InChI is InChI=1S/C41H48N6O9/c1-46-35(49)20-19-33(40(46)53)47-39(52)31-12-9-13-32(36(31)41(47)54)42-22-5-2-3-6-23-43-34(48)14-4-7-25-56-30-17-15-27(16-18-30)21-24-44-37(50)28-10-8-11-29(26-28)38(51)45-55/h8-13,15-18,26,33,42,55H,2-7,14,19-25H2,1H3,(H,43,48)(H,44,50)(H,45,51). The SMILES string of the molecule is CN1C(=O)CCC(N2C(=O)c3cccc(NCCCCCCNC(=O)CCCCOc4ccc(CCNC(=O)c5cccc(C(=O)NO)c5)cc4)c3C2=O)C1=O. The van der Waals surface area contributed by atoms with Crippen LogP contribution in [-0.4, -0.2) is 95.7 Å². The molecule has 15 nitrogen and oxygen atoms in total. The summed E-state index contributed by atoms with van der Waals surface area (Å²) in [6.07, 6.45) is 6.15. The number of anilines is 1. The number of rotatable bonds is 20. The van der Waals surface area contributed by atoms with Crippen molar-refractivity contribution < 1.29 is 43.5 Å². The van der Waals surface area contributed by atoms with Gasteiger partial charge in [0.2, 0.25) is 11.8 Å². The van der Waals surface area contributed by atoms with Gasteiger partial charge in [-0.1, -0.05) is 37.1 Å². The maximum Gasteiger partial charge on any atom is 0.274 e. The largest absolute Gasteiger partial charge is 0.494 e. The molecule has 1 atom stereocenters. The molecule has 56 heavy (non-hydrogen) atoms. The van der Waals surface area contributed by atoms with Crippen molar-refractivity contribution in [2.45, 2.75) is 70.3 Å². The lowest BCUT2D eigenvalue weighted by molar-refractivity contribution is -0.149. The van der Waals surface area contributed by atoms with Crippen LogP contribution in [-0.2, 0) is 20.8 Å². The second-order valence-electron chi connectivity index (χ2n) is 13.7. The van der Waals surface area contributed by atoms with Gasteiger partial charge in [-0.25, -0.2) is 5.48 Å². The van der Waals surface area contributed by atoms with E-state index in [1.807, 2.05) is 24.3 Å². The number of imide groups is 2. The number of carbonyl (C=O) groups is 7. The third-order valence-corrected chi connectivity index (χ3v) is 9.80. The number of hydroxylamine groups is 1. The highest BCUT2D eigenvalue weighted by Gasteiger charge is 2.47. The molecule has 0 radical (unpaired) electrons. The molecule has 2 heterocycles. The second kappa shape index (κ2) is 20.0. The second-order valence-corrected chi connectivity index (χ2v) is 13.7. The average Bonchev–Trinajstić information content (AvgIpc) is 3.47. The summed E-state index contributed by atoms with van der Waals surface area (Å²) in [7, 11) is 1.37. The van der Waals surface area contributed by atoms with Crippen molar-refractivity contribution >= 4 is 47.0 Å². The van der Waals surface area contributed by atoms with Crippen LogP contribution in [0.25, 0.3) is 0 Å². The molecule has 1 unspecified atom stereocenters. The van der Waals surface area contributed by atoms with E-state index in [1.165, 1.54) is 19.2 Å². The molecule has 0 aromatic heterocycles. The Hall–Kier alpha value is -6.09. The molecule has 0 spiro atoms. The van der Waals surface area contributed by atoms with Crippen LogP contribution in [0, 0.1) is 0 Å². The summed E-state index contributed by atoms with van der Waals surface area (Å²) in [4.78, 5) is 89.3. The number of benzene rings is 3. The first kappa shape index (κ1) is 41.1. The number of unbranched alkanes of at least 4 members (excludes halogenated alkanes) is 4. The molecule has 3 aromatic rings.